The second-order valence-electron chi connectivity index (χ2n) is 5.63. The van der Waals surface area contributed by atoms with Gasteiger partial charge in [-0.05, 0) is 31.7 Å². The van der Waals surface area contributed by atoms with Crippen LogP contribution in [0.3, 0.4) is 0 Å². The number of fused-ring (bicyclic) bond motifs is 1. The summed E-state index contributed by atoms with van der Waals surface area (Å²) >= 11 is 1.64. The molecule has 0 spiro atoms. The fraction of sp³-hybridized carbons (Fsp3) is 0.412. The molecule has 0 fully saturated rings. The van der Waals surface area contributed by atoms with Gasteiger partial charge in [-0.3, -0.25) is 4.57 Å². The summed E-state index contributed by atoms with van der Waals surface area (Å²) in [6.07, 6.45) is 2.94. The van der Waals surface area contributed by atoms with Crippen LogP contribution in [0.25, 0.3) is 0 Å². The lowest BCUT2D eigenvalue weighted by Gasteiger charge is -2.13. The second-order valence-corrected chi connectivity index (χ2v) is 6.59. The number of aromatic nitrogens is 2. The van der Waals surface area contributed by atoms with Crippen molar-refractivity contribution in [1.82, 2.24) is 9.55 Å². The average molecular weight is 316 g/mol. The zero-order chi connectivity index (χ0) is 15.5. The van der Waals surface area contributed by atoms with E-state index in [9.17, 15) is 4.79 Å². The van der Waals surface area contributed by atoms with E-state index in [1.165, 1.54) is 16.7 Å². The molecule has 0 radical (unpaired) electrons. The third-order valence-corrected chi connectivity index (χ3v) is 5.11. The lowest BCUT2D eigenvalue weighted by Crippen LogP contribution is -2.28. The van der Waals surface area contributed by atoms with Crippen LogP contribution in [0, 0.1) is 6.92 Å². The van der Waals surface area contributed by atoms with E-state index < -0.39 is 0 Å². The van der Waals surface area contributed by atoms with Gasteiger partial charge < -0.3 is 5.11 Å². The van der Waals surface area contributed by atoms with E-state index in [2.05, 4.69) is 36.2 Å². The Morgan fingerprint density at radius 3 is 2.77 bits per heavy atom. The average Bonchev–Trinajstić information content (AvgIpc) is 2.99. The van der Waals surface area contributed by atoms with Crippen molar-refractivity contribution in [2.75, 3.05) is 6.61 Å². The number of aryl methyl sites for hydroxylation is 1. The topological polar surface area (TPSA) is 55.1 Å². The highest BCUT2D eigenvalue weighted by Gasteiger charge is 2.21. The molecule has 22 heavy (non-hydrogen) atoms. The Hall–Kier alpha value is -1.59. The Bertz CT molecular complexity index is 723. The molecule has 0 aliphatic heterocycles. The van der Waals surface area contributed by atoms with Crippen LogP contribution >= 0.6 is 11.8 Å². The SMILES string of the molecule is Cc1ccc(CSc2nc(=O)n(CCO)c3c2CCC3)cc1. The summed E-state index contributed by atoms with van der Waals surface area (Å²) in [6.45, 7) is 2.40. The first-order valence-electron chi connectivity index (χ1n) is 7.61. The van der Waals surface area contributed by atoms with Gasteiger partial charge in [0, 0.05) is 17.0 Å². The Kier molecular flexibility index (Phi) is 4.64. The van der Waals surface area contributed by atoms with Crippen LogP contribution in [-0.4, -0.2) is 21.3 Å². The molecule has 3 rings (SSSR count). The zero-order valence-corrected chi connectivity index (χ0v) is 13.5. The molecule has 0 atom stereocenters. The Labute approximate surface area is 134 Å². The van der Waals surface area contributed by atoms with Crippen LogP contribution in [0.15, 0.2) is 34.1 Å². The zero-order valence-electron chi connectivity index (χ0n) is 12.7. The molecule has 1 N–H and O–H groups in total. The van der Waals surface area contributed by atoms with Crippen molar-refractivity contribution in [1.29, 1.82) is 0 Å². The highest BCUT2D eigenvalue weighted by atomic mass is 32.2. The molecular formula is C17H20N2O2S. The monoisotopic (exact) mass is 316 g/mol. The van der Waals surface area contributed by atoms with E-state index in [0.717, 1.165) is 35.7 Å². The smallest absolute Gasteiger partial charge is 0.348 e. The predicted molar refractivity (Wildman–Crippen MR) is 88.3 cm³/mol. The first kappa shape index (κ1) is 15.3. The molecule has 4 nitrogen and oxygen atoms in total. The van der Waals surface area contributed by atoms with E-state index in [1.54, 1.807) is 16.3 Å². The molecule has 1 aliphatic rings. The molecule has 0 amide bonds. The maximum atomic E-state index is 12.2. The quantitative estimate of drug-likeness (QED) is 0.679. The number of benzene rings is 1. The number of hydrogen-bond acceptors (Lipinski definition) is 4. The number of nitrogens with zero attached hydrogens (tertiary/aromatic N) is 2. The van der Waals surface area contributed by atoms with Crippen molar-refractivity contribution in [3.63, 3.8) is 0 Å². The van der Waals surface area contributed by atoms with Gasteiger partial charge in [0.15, 0.2) is 0 Å². The number of thioether (sulfide) groups is 1. The minimum atomic E-state index is -0.235. The fourth-order valence-corrected chi connectivity index (χ4v) is 3.90. The molecule has 2 aromatic rings. The standard InChI is InChI=1S/C17H20N2O2S/c1-12-5-7-13(8-6-12)11-22-16-14-3-2-4-15(14)19(9-10-20)17(21)18-16/h5-8,20H,2-4,9-11H2,1H3. The number of aliphatic hydroxyl groups excluding tert-OH is 1. The predicted octanol–water partition coefficient (Wildman–Crippen LogP) is 2.33. The van der Waals surface area contributed by atoms with Gasteiger partial charge in [-0.2, -0.15) is 4.98 Å². The lowest BCUT2D eigenvalue weighted by atomic mass is 10.2. The third-order valence-electron chi connectivity index (χ3n) is 4.02. The molecule has 5 heteroatoms. The van der Waals surface area contributed by atoms with E-state index >= 15 is 0 Å². The van der Waals surface area contributed by atoms with Gasteiger partial charge >= 0.3 is 5.69 Å². The molecule has 0 saturated carbocycles. The summed E-state index contributed by atoms with van der Waals surface area (Å²) in [5.41, 5.74) is 4.52. The van der Waals surface area contributed by atoms with Crippen molar-refractivity contribution in [3.05, 3.63) is 57.1 Å². The molecule has 0 unspecified atom stereocenters. The fourth-order valence-electron chi connectivity index (χ4n) is 2.87. The summed E-state index contributed by atoms with van der Waals surface area (Å²) in [7, 11) is 0. The van der Waals surface area contributed by atoms with E-state index in [0.29, 0.717) is 6.54 Å². The minimum Gasteiger partial charge on any atom is -0.395 e. The van der Waals surface area contributed by atoms with Gasteiger partial charge in [0.25, 0.3) is 0 Å². The lowest BCUT2D eigenvalue weighted by molar-refractivity contribution is 0.271. The summed E-state index contributed by atoms with van der Waals surface area (Å²) in [4.78, 5) is 16.4. The summed E-state index contributed by atoms with van der Waals surface area (Å²) < 4.78 is 1.64. The molecule has 1 aliphatic carbocycles. The van der Waals surface area contributed by atoms with Crippen molar-refractivity contribution in [2.24, 2.45) is 0 Å². The molecule has 1 heterocycles. The van der Waals surface area contributed by atoms with Crippen LogP contribution < -0.4 is 5.69 Å². The van der Waals surface area contributed by atoms with Gasteiger partial charge in [-0.15, -0.1) is 11.8 Å². The maximum Gasteiger partial charge on any atom is 0.348 e. The van der Waals surface area contributed by atoms with Crippen molar-refractivity contribution < 1.29 is 5.11 Å². The van der Waals surface area contributed by atoms with Crippen LogP contribution in [0.4, 0.5) is 0 Å². The van der Waals surface area contributed by atoms with Crippen LogP contribution in [0.5, 0.6) is 0 Å². The number of aliphatic hydroxyl groups is 1. The van der Waals surface area contributed by atoms with Crippen LogP contribution in [0.2, 0.25) is 0 Å². The molecule has 1 aromatic heterocycles. The largest absolute Gasteiger partial charge is 0.395 e. The number of rotatable bonds is 5. The highest BCUT2D eigenvalue weighted by Crippen LogP contribution is 2.30. The van der Waals surface area contributed by atoms with Gasteiger partial charge in [0.1, 0.15) is 5.03 Å². The molecule has 116 valence electrons. The van der Waals surface area contributed by atoms with Gasteiger partial charge in [0.2, 0.25) is 0 Å². The maximum absolute atomic E-state index is 12.2. The van der Waals surface area contributed by atoms with Crippen molar-refractivity contribution in [2.45, 2.75) is 43.5 Å². The van der Waals surface area contributed by atoms with E-state index in [1.807, 2.05) is 0 Å². The molecule has 0 saturated heterocycles. The summed E-state index contributed by atoms with van der Waals surface area (Å²) in [6, 6.07) is 8.45. The van der Waals surface area contributed by atoms with Gasteiger partial charge in [-0.25, -0.2) is 4.79 Å². The first-order chi connectivity index (χ1) is 10.7. The Morgan fingerprint density at radius 2 is 2.05 bits per heavy atom. The van der Waals surface area contributed by atoms with E-state index in [4.69, 9.17) is 5.11 Å². The van der Waals surface area contributed by atoms with Crippen molar-refractivity contribution in [3.8, 4) is 0 Å². The second kappa shape index (κ2) is 6.67. The van der Waals surface area contributed by atoms with Crippen molar-refractivity contribution >= 4 is 11.8 Å². The summed E-state index contributed by atoms with van der Waals surface area (Å²) in [5.74, 6) is 0.823. The van der Waals surface area contributed by atoms with Gasteiger partial charge in [0.05, 0.1) is 13.2 Å². The van der Waals surface area contributed by atoms with E-state index in [-0.39, 0.29) is 12.3 Å². The Balaban J connectivity index is 1.85. The van der Waals surface area contributed by atoms with Gasteiger partial charge in [-0.1, -0.05) is 29.8 Å². The third kappa shape index (κ3) is 3.10. The minimum absolute atomic E-state index is 0.0239. The number of hydrogen-bond donors (Lipinski definition) is 1. The van der Waals surface area contributed by atoms with Crippen LogP contribution in [-0.2, 0) is 25.1 Å². The first-order valence-corrected chi connectivity index (χ1v) is 8.59. The molecule has 0 bridgehead atoms. The summed E-state index contributed by atoms with van der Waals surface area (Å²) in [5, 5.41) is 9.99. The molecular weight excluding hydrogens is 296 g/mol. The Morgan fingerprint density at radius 1 is 1.27 bits per heavy atom. The van der Waals surface area contributed by atoms with Crippen LogP contribution in [0.1, 0.15) is 28.8 Å². The normalized spacial score (nSPS) is 13.4. The molecule has 1 aromatic carbocycles. The highest BCUT2D eigenvalue weighted by molar-refractivity contribution is 7.98.